The Morgan fingerprint density at radius 1 is 1.17 bits per heavy atom. The SMILES string of the molecule is O=C(NCc1ccncc1)C1CCC(S(=O)c2ccc(F)cc2)C1. The maximum absolute atomic E-state index is 13.0. The predicted octanol–water partition coefficient (Wildman–Crippen LogP) is 2.81. The Morgan fingerprint density at radius 2 is 1.88 bits per heavy atom. The van der Waals surface area contributed by atoms with Crippen LogP contribution >= 0.6 is 0 Å². The van der Waals surface area contributed by atoms with Crippen LogP contribution in [0.1, 0.15) is 24.8 Å². The molecule has 3 atom stereocenters. The summed E-state index contributed by atoms with van der Waals surface area (Å²) >= 11 is 0. The minimum Gasteiger partial charge on any atom is -0.352 e. The van der Waals surface area contributed by atoms with Gasteiger partial charge in [0, 0.05) is 35.0 Å². The van der Waals surface area contributed by atoms with E-state index in [9.17, 15) is 13.4 Å². The largest absolute Gasteiger partial charge is 0.352 e. The molecule has 1 aliphatic carbocycles. The normalized spacial score (nSPS) is 21.4. The lowest BCUT2D eigenvalue weighted by atomic mass is 10.1. The van der Waals surface area contributed by atoms with Gasteiger partial charge in [-0.25, -0.2) is 4.39 Å². The smallest absolute Gasteiger partial charge is 0.223 e. The van der Waals surface area contributed by atoms with Crippen LogP contribution in [0.25, 0.3) is 0 Å². The molecule has 1 aromatic heterocycles. The molecule has 0 spiro atoms. The van der Waals surface area contributed by atoms with Crippen LogP contribution in [0.5, 0.6) is 0 Å². The Bertz CT molecular complexity index is 722. The maximum atomic E-state index is 13.0. The van der Waals surface area contributed by atoms with Crippen molar-refractivity contribution in [2.24, 2.45) is 5.92 Å². The molecule has 1 fully saturated rings. The van der Waals surface area contributed by atoms with Gasteiger partial charge in [0.2, 0.25) is 5.91 Å². The third-order valence-corrected chi connectivity index (χ3v) is 6.09. The van der Waals surface area contributed by atoms with Gasteiger partial charge in [-0.15, -0.1) is 0 Å². The lowest BCUT2D eigenvalue weighted by molar-refractivity contribution is -0.124. The number of rotatable bonds is 5. The molecule has 24 heavy (non-hydrogen) atoms. The van der Waals surface area contributed by atoms with E-state index in [2.05, 4.69) is 10.3 Å². The van der Waals surface area contributed by atoms with Crippen LogP contribution in [0.2, 0.25) is 0 Å². The molecule has 1 aromatic carbocycles. The standard InChI is InChI=1S/C18H19FN2O2S/c19-15-2-5-16(6-3-15)24(23)17-4-1-14(11-17)18(22)21-12-13-7-9-20-10-8-13/h2-3,5-10,14,17H,1,4,11-12H2,(H,21,22). The second-order valence-corrected chi connectivity index (χ2v) is 7.69. The molecule has 4 nitrogen and oxygen atoms in total. The minimum atomic E-state index is -1.20. The molecule has 3 rings (SSSR count). The van der Waals surface area contributed by atoms with E-state index >= 15 is 0 Å². The molecule has 1 amide bonds. The van der Waals surface area contributed by atoms with Crippen molar-refractivity contribution in [3.8, 4) is 0 Å². The minimum absolute atomic E-state index is 0.00502. The van der Waals surface area contributed by atoms with Crippen molar-refractivity contribution >= 4 is 16.7 Å². The number of amides is 1. The van der Waals surface area contributed by atoms with Crippen LogP contribution in [0.3, 0.4) is 0 Å². The molecule has 0 aliphatic heterocycles. The lowest BCUT2D eigenvalue weighted by Gasteiger charge is -2.12. The average Bonchev–Trinajstić information content (AvgIpc) is 3.11. The number of aromatic nitrogens is 1. The van der Waals surface area contributed by atoms with Gasteiger partial charge in [0.1, 0.15) is 5.82 Å². The van der Waals surface area contributed by atoms with Crippen molar-refractivity contribution in [1.29, 1.82) is 0 Å². The Balaban J connectivity index is 1.53. The second-order valence-electron chi connectivity index (χ2n) is 5.96. The molecular weight excluding hydrogens is 327 g/mol. The number of halogens is 1. The zero-order chi connectivity index (χ0) is 16.9. The van der Waals surface area contributed by atoms with E-state index in [1.807, 2.05) is 12.1 Å². The van der Waals surface area contributed by atoms with Crippen molar-refractivity contribution in [3.63, 3.8) is 0 Å². The molecule has 3 unspecified atom stereocenters. The van der Waals surface area contributed by atoms with Gasteiger partial charge in [-0.2, -0.15) is 0 Å². The maximum Gasteiger partial charge on any atom is 0.223 e. The summed E-state index contributed by atoms with van der Waals surface area (Å²) in [5.74, 6) is -0.442. The van der Waals surface area contributed by atoms with Crippen LogP contribution < -0.4 is 5.32 Å². The van der Waals surface area contributed by atoms with Crippen LogP contribution in [-0.2, 0) is 22.1 Å². The highest BCUT2D eigenvalue weighted by molar-refractivity contribution is 7.85. The number of benzene rings is 1. The summed E-state index contributed by atoms with van der Waals surface area (Å²) in [4.78, 5) is 16.9. The molecule has 2 aromatic rings. The van der Waals surface area contributed by atoms with E-state index in [-0.39, 0.29) is 22.9 Å². The van der Waals surface area contributed by atoms with Crippen molar-refractivity contribution in [3.05, 3.63) is 60.2 Å². The van der Waals surface area contributed by atoms with Gasteiger partial charge in [0.15, 0.2) is 0 Å². The highest BCUT2D eigenvalue weighted by Crippen LogP contribution is 2.31. The zero-order valence-corrected chi connectivity index (χ0v) is 14.0. The van der Waals surface area contributed by atoms with Gasteiger partial charge in [-0.3, -0.25) is 14.0 Å². The van der Waals surface area contributed by atoms with Crippen molar-refractivity contribution < 1.29 is 13.4 Å². The molecule has 6 heteroatoms. The van der Waals surface area contributed by atoms with E-state index in [1.165, 1.54) is 12.1 Å². The average molecular weight is 346 g/mol. The van der Waals surface area contributed by atoms with Gasteiger partial charge < -0.3 is 5.32 Å². The first kappa shape index (κ1) is 16.8. The van der Waals surface area contributed by atoms with Gasteiger partial charge in [0.25, 0.3) is 0 Å². The second kappa shape index (κ2) is 7.66. The van der Waals surface area contributed by atoms with Gasteiger partial charge in [-0.05, 0) is 61.2 Å². The Morgan fingerprint density at radius 3 is 2.58 bits per heavy atom. The lowest BCUT2D eigenvalue weighted by Crippen LogP contribution is -2.29. The first-order chi connectivity index (χ1) is 11.6. The number of hydrogen-bond acceptors (Lipinski definition) is 3. The predicted molar refractivity (Wildman–Crippen MR) is 90.0 cm³/mol. The number of carbonyl (C=O) groups excluding carboxylic acids is 1. The monoisotopic (exact) mass is 346 g/mol. The molecule has 0 bridgehead atoms. The van der Waals surface area contributed by atoms with Crippen LogP contribution in [0.15, 0.2) is 53.7 Å². The fourth-order valence-corrected chi connectivity index (χ4v) is 4.51. The van der Waals surface area contributed by atoms with E-state index in [0.717, 1.165) is 18.4 Å². The number of carbonyl (C=O) groups is 1. The van der Waals surface area contributed by atoms with Crippen molar-refractivity contribution in [1.82, 2.24) is 10.3 Å². The molecule has 1 saturated carbocycles. The van der Waals surface area contributed by atoms with Crippen molar-refractivity contribution in [2.45, 2.75) is 36.0 Å². The Labute approximate surface area is 143 Å². The number of nitrogens with one attached hydrogen (secondary N) is 1. The van der Waals surface area contributed by atoms with Crippen LogP contribution in [0, 0.1) is 11.7 Å². The molecule has 1 N–H and O–H groups in total. The fraction of sp³-hybridized carbons (Fsp3) is 0.333. The molecular formula is C18H19FN2O2S. The number of nitrogens with zero attached hydrogens (tertiary/aromatic N) is 1. The van der Waals surface area contributed by atoms with Crippen molar-refractivity contribution in [2.75, 3.05) is 0 Å². The van der Waals surface area contributed by atoms with E-state index in [1.54, 1.807) is 24.5 Å². The van der Waals surface area contributed by atoms with Gasteiger partial charge in [0.05, 0.1) is 10.8 Å². The zero-order valence-electron chi connectivity index (χ0n) is 13.2. The number of hydrogen-bond donors (Lipinski definition) is 1. The van der Waals surface area contributed by atoms with Crippen LogP contribution in [-0.4, -0.2) is 20.3 Å². The molecule has 1 heterocycles. The summed E-state index contributed by atoms with van der Waals surface area (Å²) in [7, 11) is -1.20. The summed E-state index contributed by atoms with van der Waals surface area (Å²) in [5, 5.41) is 2.88. The Kier molecular flexibility index (Phi) is 5.35. The quantitative estimate of drug-likeness (QED) is 0.906. The molecule has 0 saturated heterocycles. The highest BCUT2D eigenvalue weighted by Gasteiger charge is 2.33. The van der Waals surface area contributed by atoms with E-state index < -0.39 is 10.8 Å². The molecule has 1 aliphatic rings. The van der Waals surface area contributed by atoms with Gasteiger partial charge >= 0.3 is 0 Å². The summed E-state index contributed by atoms with van der Waals surface area (Å²) in [6, 6.07) is 9.48. The van der Waals surface area contributed by atoms with E-state index in [0.29, 0.717) is 17.9 Å². The van der Waals surface area contributed by atoms with E-state index in [4.69, 9.17) is 0 Å². The third-order valence-electron chi connectivity index (χ3n) is 4.32. The summed E-state index contributed by atoms with van der Waals surface area (Å²) in [5.41, 5.74) is 1.00. The van der Waals surface area contributed by atoms with Crippen LogP contribution in [0.4, 0.5) is 4.39 Å². The summed E-state index contributed by atoms with van der Waals surface area (Å²) in [6.45, 7) is 0.476. The van der Waals surface area contributed by atoms with Gasteiger partial charge in [-0.1, -0.05) is 0 Å². The Hall–Kier alpha value is -2.08. The highest BCUT2D eigenvalue weighted by atomic mass is 32.2. The number of pyridine rings is 1. The summed E-state index contributed by atoms with van der Waals surface area (Å²) < 4.78 is 25.5. The topological polar surface area (TPSA) is 59.1 Å². The fourth-order valence-electron chi connectivity index (χ4n) is 2.97. The molecule has 0 radical (unpaired) electrons. The summed E-state index contributed by atoms with van der Waals surface area (Å²) in [6.07, 6.45) is 5.47. The molecule has 126 valence electrons. The first-order valence-corrected chi connectivity index (χ1v) is 9.17. The first-order valence-electron chi connectivity index (χ1n) is 7.96. The third kappa shape index (κ3) is 4.06.